The van der Waals surface area contributed by atoms with Crippen molar-refractivity contribution in [3.05, 3.63) is 38.8 Å². The molecule has 0 aromatic carbocycles. The Morgan fingerprint density at radius 3 is 2.88 bits per heavy atom. The number of methoxy groups -OCH3 is 1. The first-order valence-electron chi connectivity index (χ1n) is 10.2. The van der Waals surface area contributed by atoms with Gasteiger partial charge in [-0.25, -0.2) is 17.2 Å². The summed E-state index contributed by atoms with van der Waals surface area (Å²) < 4.78 is 64.1. The summed E-state index contributed by atoms with van der Waals surface area (Å²) >= 11 is 7.48. The summed E-state index contributed by atoms with van der Waals surface area (Å²) in [6, 6.07) is 1.51. The average molecular weight is 512 g/mol. The second-order valence-corrected chi connectivity index (χ2v) is 12.1. The van der Waals surface area contributed by atoms with Gasteiger partial charge in [-0.1, -0.05) is 11.6 Å². The maximum absolute atomic E-state index is 14.1. The summed E-state index contributed by atoms with van der Waals surface area (Å²) in [7, 11) is -1.80. The molecule has 3 heterocycles. The van der Waals surface area contributed by atoms with Crippen molar-refractivity contribution in [3.8, 4) is 0 Å². The number of aromatic nitrogens is 2. The van der Waals surface area contributed by atoms with Crippen molar-refractivity contribution in [2.45, 2.75) is 44.5 Å². The van der Waals surface area contributed by atoms with Gasteiger partial charge in [-0.3, -0.25) is 9.58 Å². The molecule has 1 aliphatic heterocycles. The molecule has 0 spiro atoms. The highest BCUT2D eigenvalue weighted by Gasteiger charge is 2.45. The molecular weight excluding hydrogens is 484 g/mol. The fraction of sp³-hybridized carbons (Fsp3) is 0.650. The lowest BCUT2D eigenvalue weighted by molar-refractivity contribution is -0.167. The second kappa shape index (κ2) is 10.4. The molecule has 180 valence electrons. The molecule has 0 aliphatic carbocycles. The lowest BCUT2D eigenvalue weighted by atomic mass is 9.93. The van der Waals surface area contributed by atoms with Gasteiger partial charge in [0.1, 0.15) is 9.84 Å². The quantitative estimate of drug-likeness (QED) is 0.568. The highest BCUT2D eigenvalue weighted by atomic mass is 35.5. The van der Waals surface area contributed by atoms with Gasteiger partial charge in [-0.05, 0) is 19.4 Å². The van der Waals surface area contributed by atoms with Crippen molar-refractivity contribution in [3.63, 3.8) is 0 Å². The van der Waals surface area contributed by atoms with Crippen LogP contribution in [0, 0.1) is 0 Å². The van der Waals surface area contributed by atoms with Crippen LogP contribution in [0.15, 0.2) is 18.5 Å². The zero-order valence-electron chi connectivity index (χ0n) is 18.3. The largest absolute Gasteiger partial charge is 0.376 e. The molecule has 3 rings (SSSR count). The summed E-state index contributed by atoms with van der Waals surface area (Å²) in [6.07, 6.45) is 2.52. The Labute approximate surface area is 196 Å². The van der Waals surface area contributed by atoms with E-state index in [9.17, 15) is 17.2 Å². The highest BCUT2D eigenvalue weighted by Crippen LogP contribution is 2.41. The van der Waals surface area contributed by atoms with Crippen molar-refractivity contribution in [2.24, 2.45) is 0 Å². The number of nitrogens with zero attached hydrogens (tertiary/aromatic N) is 3. The molecule has 0 amide bonds. The molecule has 32 heavy (non-hydrogen) atoms. The summed E-state index contributed by atoms with van der Waals surface area (Å²) in [5, 5.41) is 4.25. The monoisotopic (exact) mass is 511 g/mol. The number of rotatable bonds is 7. The third-order valence-electron chi connectivity index (χ3n) is 5.64. The number of hydrogen-bond acceptors (Lipinski definition) is 7. The molecule has 2 atom stereocenters. The predicted molar refractivity (Wildman–Crippen MR) is 120 cm³/mol. The summed E-state index contributed by atoms with van der Waals surface area (Å²) in [5.74, 6) is 0.0232. The van der Waals surface area contributed by atoms with Gasteiger partial charge in [-0.2, -0.15) is 5.10 Å². The van der Waals surface area contributed by atoms with Crippen LogP contribution in [0.4, 0.5) is 8.78 Å². The molecule has 2 aromatic rings. The maximum atomic E-state index is 14.1. The number of halogens is 3. The van der Waals surface area contributed by atoms with Gasteiger partial charge in [0.15, 0.2) is 5.60 Å². The van der Waals surface area contributed by atoms with E-state index >= 15 is 0 Å². The Morgan fingerprint density at radius 2 is 2.22 bits per heavy atom. The van der Waals surface area contributed by atoms with E-state index in [0.717, 1.165) is 10.4 Å². The van der Waals surface area contributed by atoms with Crippen LogP contribution in [0.1, 0.15) is 22.9 Å². The van der Waals surface area contributed by atoms with Crippen molar-refractivity contribution in [1.82, 2.24) is 14.7 Å². The summed E-state index contributed by atoms with van der Waals surface area (Å²) in [4.78, 5) is 2.95. The maximum Gasteiger partial charge on any atom is 0.273 e. The summed E-state index contributed by atoms with van der Waals surface area (Å²) in [5.41, 5.74) is -0.527. The topological polar surface area (TPSA) is 73.7 Å². The number of fused-ring (bicyclic) bond motifs is 1. The molecule has 0 fully saturated rings. The van der Waals surface area contributed by atoms with E-state index in [2.05, 4.69) is 10.00 Å². The van der Waals surface area contributed by atoms with Crippen LogP contribution in [0.3, 0.4) is 0 Å². The molecule has 7 nitrogen and oxygen atoms in total. The van der Waals surface area contributed by atoms with E-state index in [4.69, 9.17) is 21.1 Å². The van der Waals surface area contributed by atoms with Crippen molar-refractivity contribution >= 4 is 32.8 Å². The van der Waals surface area contributed by atoms with Gasteiger partial charge >= 0.3 is 0 Å². The van der Waals surface area contributed by atoms with Crippen LogP contribution in [0.25, 0.3) is 0 Å². The zero-order chi connectivity index (χ0) is 23.5. The Morgan fingerprint density at radius 1 is 1.47 bits per heavy atom. The SMILES string of the molecule is CO[C@]1(C(F)F)COC[C@H](C)N(Cc2cnn(CCS(C)(=O)=O)c2)CCc2sc(Cl)cc21. The van der Waals surface area contributed by atoms with Crippen molar-refractivity contribution < 1.29 is 26.7 Å². The number of hydrogen-bond donors (Lipinski definition) is 0. The Kier molecular flexibility index (Phi) is 8.32. The lowest BCUT2D eigenvalue weighted by Gasteiger charge is -2.35. The second-order valence-electron chi connectivity index (χ2n) is 8.11. The van der Waals surface area contributed by atoms with Crippen LogP contribution in [0.5, 0.6) is 0 Å². The molecule has 0 bridgehead atoms. The molecule has 12 heteroatoms. The minimum atomic E-state index is -3.07. The Hall–Kier alpha value is -1.11. The Balaban J connectivity index is 1.78. The summed E-state index contributed by atoms with van der Waals surface area (Å²) in [6.45, 7) is 3.43. The normalized spacial score (nSPS) is 23.4. The molecule has 1 aliphatic rings. The van der Waals surface area contributed by atoms with Gasteiger partial charge in [0, 0.05) is 54.7 Å². The fourth-order valence-electron chi connectivity index (χ4n) is 3.75. The van der Waals surface area contributed by atoms with E-state index < -0.39 is 21.9 Å². The van der Waals surface area contributed by atoms with Gasteiger partial charge in [-0.15, -0.1) is 11.3 Å². The number of aryl methyl sites for hydroxylation is 1. The van der Waals surface area contributed by atoms with Crippen LogP contribution >= 0.6 is 22.9 Å². The van der Waals surface area contributed by atoms with Gasteiger partial charge in [0.2, 0.25) is 0 Å². The number of thiophene rings is 1. The van der Waals surface area contributed by atoms with Crippen molar-refractivity contribution in [1.29, 1.82) is 0 Å². The molecule has 0 N–H and O–H groups in total. The number of alkyl halides is 2. The molecular formula is C20H28ClF2N3O4S2. The van der Waals surface area contributed by atoms with Crippen molar-refractivity contribution in [2.75, 3.05) is 38.9 Å². The molecule has 2 aromatic heterocycles. The number of ether oxygens (including phenoxy) is 2. The van der Waals surface area contributed by atoms with Gasteiger partial charge in [0.25, 0.3) is 6.43 Å². The fourth-order valence-corrected chi connectivity index (χ4v) is 5.60. The Bertz CT molecular complexity index is 1010. The molecule has 0 unspecified atom stereocenters. The smallest absolute Gasteiger partial charge is 0.273 e. The van der Waals surface area contributed by atoms with Crippen LogP contribution in [0.2, 0.25) is 4.34 Å². The first-order valence-corrected chi connectivity index (χ1v) is 13.4. The van der Waals surface area contributed by atoms with Crippen LogP contribution in [-0.2, 0) is 44.4 Å². The zero-order valence-corrected chi connectivity index (χ0v) is 20.7. The first kappa shape index (κ1) is 25.5. The third-order valence-corrected chi connectivity index (χ3v) is 7.89. The third kappa shape index (κ3) is 6.06. The van der Waals surface area contributed by atoms with E-state index in [-0.39, 0.29) is 25.0 Å². The number of sulfone groups is 1. The van der Waals surface area contributed by atoms with E-state index in [1.165, 1.54) is 24.7 Å². The molecule has 0 radical (unpaired) electrons. The predicted octanol–water partition coefficient (Wildman–Crippen LogP) is 3.21. The lowest BCUT2D eigenvalue weighted by Crippen LogP contribution is -2.45. The van der Waals surface area contributed by atoms with Crippen LogP contribution < -0.4 is 0 Å². The standard InChI is InChI=1S/C20H28ClF2N3O4S2/c1-14-12-30-13-20(29-2,19(22)23)16-8-18(21)31-17(16)4-5-25(14)10-15-9-24-26(11-15)6-7-32(3,27)28/h8-9,11,14,19H,4-7,10,12-13H2,1-3H3/t14-,20+/m0/s1. The van der Waals surface area contributed by atoms with E-state index in [1.54, 1.807) is 16.9 Å². The minimum absolute atomic E-state index is 0.0232. The van der Waals surface area contributed by atoms with Gasteiger partial charge in [0.05, 0.1) is 36.0 Å². The highest BCUT2D eigenvalue weighted by molar-refractivity contribution is 7.90. The minimum Gasteiger partial charge on any atom is -0.376 e. The molecule has 0 saturated heterocycles. The van der Waals surface area contributed by atoms with E-state index in [0.29, 0.717) is 36.0 Å². The first-order chi connectivity index (χ1) is 15.0. The van der Waals surface area contributed by atoms with Crippen LogP contribution in [-0.4, -0.2) is 74.4 Å². The van der Waals surface area contributed by atoms with E-state index in [1.807, 2.05) is 13.1 Å². The van der Waals surface area contributed by atoms with Gasteiger partial charge < -0.3 is 9.47 Å². The molecule has 0 saturated carbocycles. The average Bonchev–Trinajstić information content (AvgIpc) is 3.32.